The van der Waals surface area contributed by atoms with Crippen molar-refractivity contribution in [3.8, 4) is 0 Å². The van der Waals surface area contributed by atoms with Crippen LogP contribution in [0.4, 0.5) is 0 Å². The first kappa shape index (κ1) is 13.7. The van der Waals surface area contributed by atoms with Gasteiger partial charge in [0, 0.05) is 6.54 Å². The van der Waals surface area contributed by atoms with Gasteiger partial charge in [-0.1, -0.05) is 40.0 Å². The molecule has 0 aromatic carbocycles. The predicted molar refractivity (Wildman–Crippen MR) is 66.6 cm³/mol. The van der Waals surface area contributed by atoms with Crippen molar-refractivity contribution in [1.82, 2.24) is 20.5 Å². The molecule has 2 N–H and O–H groups in total. The lowest BCUT2D eigenvalue weighted by molar-refractivity contribution is 0.0924. The summed E-state index contributed by atoms with van der Waals surface area (Å²) in [7, 11) is 0. The summed E-state index contributed by atoms with van der Waals surface area (Å²) in [5.74, 6) is 0.0837. The predicted octanol–water partition coefficient (Wildman–Crippen LogP) is 2.14. The van der Waals surface area contributed by atoms with Gasteiger partial charge in [-0.05, 0) is 11.8 Å². The second-order valence-electron chi connectivity index (χ2n) is 5.14. The van der Waals surface area contributed by atoms with Crippen molar-refractivity contribution in [2.75, 3.05) is 6.54 Å². The fraction of sp³-hybridized carbons (Fsp3) is 0.750. The van der Waals surface area contributed by atoms with Crippen molar-refractivity contribution in [3.05, 3.63) is 12.2 Å². The van der Waals surface area contributed by atoms with Crippen LogP contribution < -0.4 is 5.32 Å². The van der Waals surface area contributed by atoms with Crippen molar-refractivity contribution < 1.29 is 4.79 Å². The molecule has 1 heterocycles. The highest BCUT2D eigenvalue weighted by Gasteiger charge is 2.19. The van der Waals surface area contributed by atoms with Crippen LogP contribution in [0.2, 0.25) is 0 Å². The SMILES string of the molecule is CCCCCC(C)(C)CNC(=O)c1ncn[nH]1. The minimum Gasteiger partial charge on any atom is -0.349 e. The van der Waals surface area contributed by atoms with Crippen molar-refractivity contribution in [2.45, 2.75) is 46.5 Å². The van der Waals surface area contributed by atoms with E-state index in [1.807, 2.05) is 0 Å². The zero-order valence-electron chi connectivity index (χ0n) is 10.9. The number of rotatable bonds is 7. The van der Waals surface area contributed by atoms with Crippen molar-refractivity contribution in [3.63, 3.8) is 0 Å². The summed E-state index contributed by atoms with van der Waals surface area (Å²) in [6.45, 7) is 7.20. The van der Waals surface area contributed by atoms with Gasteiger partial charge in [-0.3, -0.25) is 9.89 Å². The molecule has 0 bridgehead atoms. The first-order chi connectivity index (χ1) is 8.05. The lowest BCUT2D eigenvalue weighted by Crippen LogP contribution is -2.34. The van der Waals surface area contributed by atoms with Crippen LogP contribution in [0, 0.1) is 5.41 Å². The van der Waals surface area contributed by atoms with Gasteiger partial charge < -0.3 is 5.32 Å². The maximum absolute atomic E-state index is 11.6. The van der Waals surface area contributed by atoms with Gasteiger partial charge >= 0.3 is 0 Å². The Hall–Kier alpha value is -1.39. The molecule has 0 aliphatic rings. The molecule has 17 heavy (non-hydrogen) atoms. The number of hydrogen-bond donors (Lipinski definition) is 2. The van der Waals surface area contributed by atoms with Crippen molar-refractivity contribution in [2.24, 2.45) is 5.41 Å². The van der Waals surface area contributed by atoms with E-state index >= 15 is 0 Å². The van der Waals surface area contributed by atoms with Crippen LogP contribution in [-0.4, -0.2) is 27.6 Å². The summed E-state index contributed by atoms with van der Waals surface area (Å²) in [5, 5.41) is 9.08. The number of carbonyl (C=O) groups excluding carboxylic acids is 1. The number of carbonyl (C=O) groups is 1. The Kier molecular flexibility index (Phi) is 5.12. The average Bonchev–Trinajstić information content (AvgIpc) is 2.80. The molecule has 1 aromatic heterocycles. The lowest BCUT2D eigenvalue weighted by Gasteiger charge is -2.24. The van der Waals surface area contributed by atoms with Crippen LogP contribution in [0.1, 0.15) is 57.1 Å². The van der Waals surface area contributed by atoms with Gasteiger partial charge in [0.25, 0.3) is 5.91 Å². The third kappa shape index (κ3) is 4.97. The zero-order valence-corrected chi connectivity index (χ0v) is 10.9. The van der Waals surface area contributed by atoms with Gasteiger partial charge in [-0.15, -0.1) is 0 Å². The van der Waals surface area contributed by atoms with Gasteiger partial charge in [0.2, 0.25) is 5.82 Å². The Morgan fingerprint density at radius 3 is 2.82 bits per heavy atom. The van der Waals surface area contributed by atoms with E-state index in [0.717, 1.165) is 6.42 Å². The molecule has 0 aliphatic heterocycles. The lowest BCUT2D eigenvalue weighted by atomic mass is 9.87. The molecule has 0 unspecified atom stereocenters. The van der Waals surface area contributed by atoms with Gasteiger partial charge in [0.1, 0.15) is 6.33 Å². The summed E-state index contributed by atoms with van der Waals surface area (Å²) >= 11 is 0. The van der Waals surface area contributed by atoms with Crippen LogP contribution >= 0.6 is 0 Å². The smallest absolute Gasteiger partial charge is 0.288 e. The van der Waals surface area contributed by atoms with Crippen LogP contribution in [0.15, 0.2) is 6.33 Å². The molecule has 0 radical (unpaired) electrons. The van der Waals surface area contributed by atoms with Crippen LogP contribution in [0.3, 0.4) is 0 Å². The number of unbranched alkanes of at least 4 members (excludes halogenated alkanes) is 2. The number of amides is 1. The zero-order chi connectivity index (χ0) is 12.7. The standard InChI is InChI=1S/C12H22N4O/c1-4-5-6-7-12(2,3)8-13-11(17)10-14-9-15-16-10/h9H,4-8H2,1-3H3,(H,13,17)(H,14,15,16). The highest BCUT2D eigenvalue weighted by atomic mass is 16.2. The number of aromatic amines is 1. The molecule has 1 rings (SSSR count). The van der Waals surface area contributed by atoms with Gasteiger partial charge in [-0.25, -0.2) is 4.98 Å². The molecule has 96 valence electrons. The molecule has 1 aromatic rings. The van der Waals surface area contributed by atoms with Gasteiger partial charge in [0.05, 0.1) is 0 Å². The fourth-order valence-corrected chi connectivity index (χ4v) is 1.66. The normalized spacial score (nSPS) is 11.5. The first-order valence-corrected chi connectivity index (χ1v) is 6.19. The number of nitrogens with one attached hydrogen (secondary N) is 2. The number of nitrogens with zero attached hydrogens (tertiary/aromatic N) is 2. The van der Waals surface area contributed by atoms with E-state index in [9.17, 15) is 4.79 Å². The summed E-state index contributed by atoms with van der Waals surface area (Å²) < 4.78 is 0. The highest BCUT2D eigenvalue weighted by Crippen LogP contribution is 2.22. The Morgan fingerprint density at radius 2 is 2.24 bits per heavy atom. The van der Waals surface area contributed by atoms with Crippen molar-refractivity contribution >= 4 is 5.91 Å². The maximum atomic E-state index is 11.6. The van der Waals surface area contributed by atoms with E-state index in [4.69, 9.17) is 0 Å². The molecule has 5 heteroatoms. The second kappa shape index (κ2) is 6.37. The fourth-order valence-electron chi connectivity index (χ4n) is 1.66. The van der Waals surface area contributed by atoms with E-state index in [0.29, 0.717) is 6.54 Å². The topological polar surface area (TPSA) is 70.7 Å². The Labute approximate surface area is 102 Å². The van der Waals surface area contributed by atoms with E-state index in [1.165, 1.54) is 25.6 Å². The number of aromatic nitrogens is 3. The average molecular weight is 238 g/mol. The number of H-pyrrole nitrogens is 1. The minimum atomic E-state index is -0.189. The van der Waals surface area contributed by atoms with Crippen LogP contribution in [0.5, 0.6) is 0 Å². The van der Waals surface area contributed by atoms with Gasteiger partial charge in [0.15, 0.2) is 0 Å². The second-order valence-corrected chi connectivity index (χ2v) is 5.14. The minimum absolute atomic E-state index is 0.130. The molecular formula is C12H22N4O. The molecule has 0 spiro atoms. The summed E-state index contributed by atoms with van der Waals surface area (Å²) in [4.78, 5) is 15.5. The monoisotopic (exact) mass is 238 g/mol. The third-order valence-corrected chi connectivity index (χ3v) is 2.81. The largest absolute Gasteiger partial charge is 0.349 e. The molecular weight excluding hydrogens is 216 g/mol. The highest BCUT2D eigenvalue weighted by molar-refractivity contribution is 5.90. The summed E-state index contributed by atoms with van der Waals surface area (Å²) in [6, 6.07) is 0. The van der Waals surface area contributed by atoms with Crippen molar-refractivity contribution in [1.29, 1.82) is 0 Å². The molecule has 0 fully saturated rings. The third-order valence-electron chi connectivity index (χ3n) is 2.81. The quantitative estimate of drug-likeness (QED) is 0.715. The van der Waals surface area contributed by atoms with E-state index in [1.54, 1.807) is 0 Å². The maximum Gasteiger partial charge on any atom is 0.288 e. The Morgan fingerprint density at radius 1 is 1.47 bits per heavy atom. The van der Waals surface area contributed by atoms with Crippen LogP contribution in [0.25, 0.3) is 0 Å². The molecule has 0 atom stereocenters. The van der Waals surface area contributed by atoms with E-state index in [-0.39, 0.29) is 17.1 Å². The molecule has 0 aliphatic carbocycles. The first-order valence-electron chi connectivity index (χ1n) is 6.19. The summed E-state index contributed by atoms with van der Waals surface area (Å²) in [5.41, 5.74) is 0.130. The molecule has 0 saturated heterocycles. The Balaban J connectivity index is 2.31. The van der Waals surface area contributed by atoms with Gasteiger partial charge in [-0.2, -0.15) is 5.10 Å². The Bertz CT molecular complexity index is 332. The molecule has 5 nitrogen and oxygen atoms in total. The van der Waals surface area contributed by atoms with Crippen LogP contribution in [-0.2, 0) is 0 Å². The summed E-state index contributed by atoms with van der Waals surface area (Å²) in [6.07, 6.45) is 6.14. The number of hydrogen-bond acceptors (Lipinski definition) is 3. The molecule has 1 amide bonds. The molecule has 0 saturated carbocycles. The van der Waals surface area contributed by atoms with E-state index < -0.39 is 0 Å². The van der Waals surface area contributed by atoms with E-state index in [2.05, 4.69) is 41.3 Å².